The first-order chi connectivity index (χ1) is 11.9. The average molecular weight is 347 g/mol. The number of aromatic nitrogens is 3. The third-order valence-corrected chi connectivity index (χ3v) is 4.59. The Morgan fingerprint density at radius 3 is 2.60 bits per heavy atom. The van der Waals surface area contributed by atoms with Crippen LogP contribution in [-0.2, 0) is 4.74 Å². The van der Waals surface area contributed by atoms with Crippen molar-refractivity contribution in [2.75, 3.05) is 13.2 Å². The molecule has 2 aromatic heterocycles. The molecule has 7 heteroatoms. The minimum absolute atomic E-state index is 0.182. The van der Waals surface area contributed by atoms with Crippen molar-refractivity contribution in [3.63, 3.8) is 0 Å². The molecule has 4 nitrogen and oxygen atoms in total. The lowest BCUT2D eigenvalue weighted by atomic mass is 9.91. The van der Waals surface area contributed by atoms with Crippen molar-refractivity contribution in [2.24, 2.45) is 0 Å². The van der Waals surface area contributed by atoms with Crippen LogP contribution in [0.25, 0.3) is 16.6 Å². The smallest absolute Gasteiger partial charge is 0.381 e. The van der Waals surface area contributed by atoms with Gasteiger partial charge in [-0.05, 0) is 25.8 Å². The van der Waals surface area contributed by atoms with Gasteiger partial charge in [0.2, 0.25) is 0 Å². The van der Waals surface area contributed by atoms with Crippen LogP contribution in [0, 0.1) is 6.92 Å². The molecular formula is C18H16F3N3O. The summed E-state index contributed by atoms with van der Waals surface area (Å²) in [5, 5.41) is 0. The van der Waals surface area contributed by atoms with Crippen molar-refractivity contribution in [1.29, 1.82) is 0 Å². The normalized spacial score (nSPS) is 18.7. The lowest BCUT2D eigenvalue weighted by Gasteiger charge is -2.23. The van der Waals surface area contributed by atoms with E-state index in [1.807, 2.05) is 13.0 Å². The second-order valence-electron chi connectivity index (χ2n) is 6.42. The second-order valence-corrected chi connectivity index (χ2v) is 6.42. The van der Waals surface area contributed by atoms with Crippen molar-refractivity contribution in [2.45, 2.75) is 38.3 Å². The predicted octanol–water partition coefficient (Wildman–Crippen LogP) is 4.10. The molecule has 0 amide bonds. The zero-order chi connectivity index (χ0) is 17.6. The second kappa shape index (κ2) is 5.93. The molecule has 130 valence electrons. The monoisotopic (exact) mass is 347 g/mol. The van der Waals surface area contributed by atoms with Gasteiger partial charge in [0.1, 0.15) is 11.2 Å². The van der Waals surface area contributed by atoms with Gasteiger partial charge in [0.05, 0.1) is 16.8 Å². The fourth-order valence-electron chi connectivity index (χ4n) is 3.20. The summed E-state index contributed by atoms with van der Waals surface area (Å²) in [4.78, 5) is 13.5. The number of ether oxygens (including phenoxy) is 1. The molecule has 0 radical (unpaired) electrons. The Morgan fingerprint density at radius 1 is 1.20 bits per heavy atom. The Kier molecular flexibility index (Phi) is 3.85. The molecule has 0 unspecified atom stereocenters. The van der Waals surface area contributed by atoms with Gasteiger partial charge in [-0.15, -0.1) is 5.73 Å². The molecule has 3 heterocycles. The van der Waals surface area contributed by atoms with E-state index >= 15 is 0 Å². The lowest BCUT2D eigenvalue weighted by molar-refractivity contribution is -0.0934. The van der Waals surface area contributed by atoms with Crippen molar-refractivity contribution < 1.29 is 17.9 Å². The number of pyridine rings is 1. The minimum atomic E-state index is -4.33. The Morgan fingerprint density at radius 2 is 1.92 bits per heavy atom. The summed E-state index contributed by atoms with van der Waals surface area (Å²) < 4.78 is 43.6. The highest BCUT2D eigenvalue weighted by Gasteiger charge is 2.38. The maximum Gasteiger partial charge on any atom is 0.420 e. The molecule has 1 fully saturated rings. The van der Waals surface area contributed by atoms with E-state index in [0.29, 0.717) is 35.5 Å². The third-order valence-electron chi connectivity index (χ3n) is 4.59. The standard InChI is InChI=1S/C18H16F3N3O/c1-10-9-22-17-15(23-10)8-14(11-2-4-25-5-3-11)24-16(17)12-6-13(7-12)18(19,20)21/h8-9,11H,2-6H2,1H3. The van der Waals surface area contributed by atoms with Crippen LogP contribution in [0.15, 0.2) is 23.6 Å². The van der Waals surface area contributed by atoms with E-state index in [2.05, 4.69) is 20.7 Å². The quantitative estimate of drug-likeness (QED) is 0.768. The van der Waals surface area contributed by atoms with E-state index in [-0.39, 0.29) is 12.3 Å². The number of aryl methyl sites for hydroxylation is 1. The summed E-state index contributed by atoms with van der Waals surface area (Å²) >= 11 is 0. The number of halogens is 3. The maximum atomic E-state index is 12.8. The van der Waals surface area contributed by atoms with Crippen LogP contribution in [0.3, 0.4) is 0 Å². The predicted molar refractivity (Wildman–Crippen MR) is 86.0 cm³/mol. The Bertz CT molecular complexity index is 908. The van der Waals surface area contributed by atoms with Gasteiger partial charge < -0.3 is 4.74 Å². The summed E-state index contributed by atoms with van der Waals surface area (Å²) in [6.45, 7) is 3.17. The molecule has 0 N–H and O–H groups in total. The van der Waals surface area contributed by atoms with E-state index in [9.17, 15) is 13.2 Å². The van der Waals surface area contributed by atoms with Gasteiger partial charge in [-0.25, -0.2) is 9.97 Å². The van der Waals surface area contributed by atoms with Gasteiger partial charge in [0.15, 0.2) is 0 Å². The van der Waals surface area contributed by atoms with Gasteiger partial charge in [0.25, 0.3) is 0 Å². The van der Waals surface area contributed by atoms with Crippen LogP contribution in [-0.4, -0.2) is 34.3 Å². The summed E-state index contributed by atoms with van der Waals surface area (Å²) in [5.41, 5.74) is 5.51. The van der Waals surface area contributed by atoms with Gasteiger partial charge in [-0.3, -0.25) is 4.98 Å². The van der Waals surface area contributed by atoms with E-state index in [0.717, 1.165) is 24.2 Å². The van der Waals surface area contributed by atoms with Gasteiger partial charge in [0, 0.05) is 43.0 Å². The zero-order valence-corrected chi connectivity index (χ0v) is 13.7. The zero-order valence-electron chi connectivity index (χ0n) is 13.7. The highest BCUT2D eigenvalue weighted by Crippen LogP contribution is 2.40. The number of nitrogens with zero attached hydrogens (tertiary/aromatic N) is 3. The van der Waals surface area contributed by atoms with Crippen molar-refractivity contribution in [3.8, 4) is 0 Å². The molecule has 4 rings (SSSR count). The van der Waals surface area contributed by atoms with Crippen LogP contribution >= 0.6 is 0 Å². The van der Waals surface area contributed by atoms with Crippen LogP contribution in [0.5, 0.6) is 0 Å². The molecule has 25 heavy (non-hydrogen) atoms. The number of fused-ring (bicyclic) bond motifs is 1. The molecule has 0 atom stereocenters. The molecule has 0 bridgehead atoms. The molecule has 1 aliphatic carbocycles. The fraction of sp³-hybridized carbons (Fsp3) is 0.444. The molecule has 2 aliphatic rings. The van der Waals surface area contributed by atoms with Gasteiger partial charge >= 0.3 is 6.18 Å². The number of hydrogen-bond donors (Lipinski definition) is 0. The van der Waals surface area contributed by atoms with Crippen molar-refractivity contribution >= 4 is 16.6 Å². The topological polar surface area (TPSA) is 47.9 Å². The third kappa shape index (κ3) is 3.05. The molecule has 1 saturated heterocycles. The van der Waals surface area contributed by atoms with Gasteiger partial charge in [-0.2, -0.15) is 13.2 Å². The molecular weight excluding hydrogens is 331 g/mol. The highest BCUT2D eigenvalue weighted by molar-refractivity contribution is 5.89. The van der Waals surface area contributed by atoms with Gasteiger partial charge in [-0.1, -0.05) is 0 Å². The Hall–Kier alpha value is -2.24. The largest absolute Gasteiger partial charge is 0.420 e. The average Bonchev–Trinajstić information content (AvgIpc) is 2.52. The van der Waals surface area contributed by atoms with Crippen molar-refractivity contribution in [3.05, 3.63) is 40.6 Å². The molecule has 1 aliphatic heterocycles. The summed E-state index contributed by atoms with van der Waals surface area (Å²) in [7, 11) is 0. The summed E-state index contributed by atoms with van der Waals surface area (Å²) in [5.74, 6) is 0.228. The molecule has 2 aromatic rings. The minimum Gasteiger partial charge on any atom is -0.381 e. The molecule has 0 saturated carbocycles. The van der Waals surface area contributed by atoms with Crippen molar-refractivity contribution in [1.82, 2.24) is 15.0 Å². The summed E-state index contributed by atoms with van der Waals surface area (Å²) in [6.07, 6.45) is -1.22. The number of alkyl halides is 3. The van der Waals surface area contributed by atoms with Crippen LogP contribution < -0.4 is 0 Å². The lowest BCUT2D eigenvalue weighted by Crippen LogP contribution is -2.18. The van der Waals surface area contributed by atoms with E-state index < -0.39 is 11.7 Å². The fourth-order valence-corrected chi connectivity index (χ4v) is 3.20. The van der Waals surface area contributed by atoms with Crippen LogP contribution in [0.2, 0.25) is 0 Å². The first-order valence-corrected chi connectivity index (χ1v) is 8.20. The van der Waals surface area contributed by atoms with E-state index in [4.69, 9.17) is 4.74 Å². The Balaban J connectivity index is 1.86. The van der Waals surface area contributed by atoms with E-state index in [1.54, 1.807) is 6.20 Å². The molecule has 0 spiro atoms. The van der Waals surface area contributed by atoms with E-state index in [1.165, 1.54) is 0 Å². The Labute approximate surface area is 142 Å². The number of rotatable bonds is 2. The first-order valence-electron chi connectivity index (χ1n) is 8.20. The maximum absolute atomic E-state index is 12.8. The first kappa shape index (κ1) is 16.2. The SMILES string of the molecule is Cc1cnc2c(C3=C=C(C(F)(F)F)C3)nc(C3CCOCC3)cc2n1. The summed E-state index contributed by atoms with van der Waals surface area (Å²) in [6, 6.07) is 1.91. The number of allylic oxidation sites excluding steroid dienone is 1. The number of hydrogen-bond acceptors (Lipinski definition) is 4. The highest BCUT2D eigenvalue weighted by atomic mass is 19.4. The molecule has 0 aromatic carbocycles. The van der Waals surface area contributed by atoms with Crippen LogP contribution in [0.1, 0.15) is 42.3 Å². The van der Waals surface area contributed by atoms with Crippen LogP contribution in [0.4, 0.5) is 13.2 Å².